The highest BCUT2D eigenvalue weighted by atomic mass is 19.1. The zero-order chi connectivity index (χ0) is 21.9. The average molecular weight is 426 g/mol. The van der Waals surface area contributed by atoms with Crippen LogP contribution in [0.3, 0.4) is 0 Å². The number of H-pyrrole nitrogens is 1. The number of nitrogens with zero attached hydrogens (tertiary/aromatic N) is 5. The number of hydrogen-bond acceptors (Lipinski definition) is 6. The molecule has 0 aliphatic rings. The van der Waals surface area contributed by atoms with Crippen LogP contribution < -0.4 is 4.74 Å². The molecule has 3 aromatic heterocycles. The molecule has 0 radical (unpaired) electrons. The maximum Gasteiger partial charge on any atom is 0.322 e. The molecule has 3 heterocycles. The van der Waals surface area contributed by atoms with Crippen LogP contribution in [0.25, 0.3) is 22.6 Å². The van der Waals surface area contributed by atoms with E-state index in [0.717, 1.165) is 4.68 Å². The van der Waals surface area contributed by atoms with E-state index in [1.165, 1.54) is 18.3 Å². The topological polar surface area (TPSA) is 98.6 Å². The minimum Gasteiger partial charge on any atom is -0.424 e. The van der Waals surface area contributed by atoms with Crippen LogP contribution >= 0.6 is 0 Å². The van der Waals surface area contributed by atoms with Crippen LogP contribution in [0, 0.1) is 5.82 Å². The summed E-state index contributed by atoms with van der Waals surface area (Å²) in [6.07, 6.45) is 4.73. The van der Waals surface area contributed by atoms with Gasteiger partial charge in [-0.05, 0) is 48.5 Å². The second kappa shape index (κ2) is 8.23. The van der Waals surface area contributed by atoms with Crippen molar-refractivity contribution < 1.29 is 13.9 Å². The predicted molar refractivity (Wildman–Crippen MR) is 113 cm³/mol. The fourth-order valence-electron chi connectivity index (χ4n) is 3.15. The van der Waals surface area contributed by atoms with Crippen LogP contribution in [-0.2, 0) is 0 Å². The third kappa shape index (κ3) is 3.74. The van der Waals surface area contributed by atoms with Crippen molar-refractivity contribution >= 4 is 5.91 Å². The number of carbonyl (C=O) groups excluding carboxylic acids is 1. The van der Waals surface area contributed by atoms with Crippen LogP contribution in [0.4, 0.5) is 4.39 Å². The molecule has 1 N–H and O–H groups in total. The van der Waals surface area contributed by atoms with Gasteiger partial charge in [0.1, 0.15) is 23.0 Å². The highest BCUT2D eigenvalue weighted by Gasteiger charge is 2.24. The van der Waals surface area contributed by atoms with Crippen LogP contribution in [0.5, 0.6) is 11.8 Å². The van der Waals surface area contributed by atoms with Crippen LogP contribution in [0.15, 0.2) is 85.3 Å². The molecule has 0 aliphatic carbocycles. The summed E-state index contributed by atoms with van der Waals surface area (Å²) >= 11 is 0. The van der Waals surface area contributed by atoms with Crippen molar-refractivity contribution in [3.63, 3.8) is 0 Å². The van der Waals surface area contributed by atoms with Gasteiger partial charge in [0.05, 0.1) is 11.3 Å². The lowest BCUT2D eigenvalue weighted by atomic mass is 10.1. The van der Waals surface area contributed by atoms with Gasteiger partial charge in [0, 0.05) is 24.2 Å². The molecular weight excluding hydrogens is 411 g/mol. The van der Waals surface area contributed by atoms with Gasteiger partial charge in [0.25, 0.3) is 5.91 Å². The van der Waals surface area contributed by atoms with Crippen molar-refractivity contribution in [1.29, 1.82) is 0 Å². The van der Waals surface area contributed by atoms with Gasteiger partial charge in [-0.25, -0.2) is 9.37 Å². The number of aromatic amines is 1. The summed E-state index contributed by atoms with van der Waals surface area (Å²) in [5.74, 6) is -0.212. The summed E-state index contributed by atoms with van der Waals surface area (Å²) < 4.78 is 20.4. The number of halogens is 1. The quantitative estimate of drug-likeness (QED) is 0.449. The van der Waals surface area contributed by atoms with E-state index >= 15 is 0 Å². The number of carbonyl (C=O) groups is 1. The molecule has 5 rings (SSSR count). The zero-order valence-corrected chi connectivity index (χ0v) is 16.5. The first-order chi connectivity index (χ1) is 15.7. The van der Waals surface area contributed by atoms with Gasteiger partial charge in [-0.2, -0.15) is 9.67 Å². The Bertz CT molecular complexity index is 1370. The summed E-state index contributed by atoms with van der Waals surface area (Å²) in [6, 6.07) is 18.2. The Morgan fingerprint density at radius 3 is 2.56 bits per heavy atom. The third-order valence-electron chi connectivity index (χ3n) is 4.65. The molecule has 0 fully saturated rings. The Hall–Kier alpha value is -4.66. The molecule has 0 unspecified atom stereocenters. The van der Waals surface area contributed by atoms with Crippen molar-refractivity contribution in [2.75, 3.05) is 0 Å². The summed E-state index contributed by atoms with van der Waals surface area (Å²) in [7, 11) is 0. The second-order valence-electron chi connectivity index (χ2n) is 6.75. The maximum absolute atomic E-state index is 13.5. The fourth-order valence-corrected chi connectivity index (χ4v) is 3.15. The zero-order valence-electron chi connectivity index (χ0n) is 16.5. The van der Waals surface area contributed by atoms with E-state index in [1.807, 2.05) is 18.2 Å². The average Bonchev–Trinajstić information content (AvgIpc) is 3.51. The monoisotopic (exact) mass is 426 g/mol. The summed E-state index contributed by atoms with van der Waals surface area (Å²) in [6.45, 7) is 0. The fraction of sp³-hybridized carbons (Fsp3) is 0. The van der Waals surface area contributed by atoms with Gasteiger partial charge in [0.2, 0.25) is 0 Å². The van der Waals surface area contributed by atoms with Gasteiger partial charge in [-0.1, -0.05) is 23.4 Å². The molecule has 0 aliphatic heterocycles. The number of rotatable bonds is 5. The number of nitrogens with one attached hydrogen (secondary N) is 1. The summed E-state index contributed by atoms with van der Waals surface area (Å²) in [5.41, 5.74) is 2.07. The number of hydrogen-bond donors (Lipinski definition) is 1. The Balaban J connectivity index is 1.63. The molecule has 0 saturated heterocycles. The summed E-state index contributed by atoms with van der Waals surface area (Å²) in [5, 5.41) is 8.26. The number of para-hydroxylation sites is 1. The first kappa shape index (κ1) is 19.3. The van der Waals surface area contributed by atoms with Gasteiger partial charge in [-0.3, -0.25) is 4.79 Å². The Morgan fingerprint density at radius 1 is 1.00 bits per heavy atom. The van der Waals surface area contributed by atoms with E-state index in [0.29, 0.717) is 34.0 Å². The van der Waals surface area contributed by atoms with Crippen molar-refractivity contribution in [3.8, 4) is 34.4 Å². The van der Waals surface area contributed by atoms with Crippen molar-refractivity contribution in [2.45, 2.75) is 0 Å². The largest absolute Gasteiger partial charge is 0.424 e. The molecule has 0 bridgehead atoms. The molecule has 0 amide bonds. The second-order valence-corrected chi connectivity index (χ2v) is 6.75. The van der Waals surface area contributed by atoms with Gasteiger partial charge in [-0.15, -0.1) is 5.10 Å². The summed E-state index contributed by atoms with van der Waals surface area (Å²) in [4.78, 5) is 24.6. The molecule has 5 aromatic rings. The molecule has 0 saturated carbocycles. The molecule has 9 heteroatoms. The molecular formula is C23H15FN6O2. The van der Waals surface area contributed by atoms with E-state index in [2.05, 4.69) is 25.3 Å². The van der Waals surface area contributed by atoms with Gasteiger partial charge < -0.3 is 9.72 Å². The minimum atomic E-state index is -0.397. The Kier molecular flexibility index (Phi) is 4.97. The lowest BCUT2D eigenvalue weighted by molar-refractivity contribution is 0.0945. The normalized spacial score (nSPS) is 10.8. The van der Waals surface area contributed by atoms with Crippen molar-refractivity contribution in [3.05, 3.63) is 96.7 Å². The molecule has 2 aromatic carbocycles. The predicted octanol–water partition coefficient (Wildman–Crippen LogP) is 4.35. The first-order valence-electron chi connectivity index (χ1n) is 9.64. The first-order valence-corrected chi connectivity index (χ1v) is 9.64. The van der Waals surface area contributed by atoms with E-state index in [4.69, 9.17) is 4.74 Å². The number of aromatic nitrogens is 6. The molecule has 0 atom stereocenters. The molecule has 0 spiro atoms. The van der Waals surface area contributed by atoms with Crippen LogP contribution in [0.1, 0.15) is 10.4 Å². The lowest BCUT2D eigenvalue weighted by Crippen LogP contribution is -2.15. The van der Waals surface area contributed by atoms with E-state index in [9.17, 15) is 9.18 Å². The Morgan fingerprint density at radius 2 is 1.81 bits per heavy atom. The Labute approximate surface area is 181 Å². The van der Waals surface area contributed by atoms with Crippen molar-refractivity contribution in [1.82, 2.24) is 29.9 Å². The molecule has 156 valence electrons. The number of benzene rings is 2. The molecule has 8 nitrogen and oxygen atoms in total. The maximum atomic E-state index is 13.5. The van der Waals surface area contributed by atoms with Crippen molar-refractivity contribution in [2.24, 2.45) is 0 Å². The van der Waals surface area contributed by atoms with Gasteiger partial charge in [0.15, 0.2) is 0 Å². The van der Waals surface area contributed by atoms with Gasteiger partial charge >= 0.3 is 6.01 Å². The lowest BCUT2D eigenvalue weighted by Gasteiger charge is -2.08. The number of ether oxygens (including phenoxy) is 1. The highest BCUT2D eigenvalue weighted by molar-refractivity contribution is 5.98. The van der Waals surface area contributed by atoms with E-state index in [1.54, 1.807) is 48.8 Å². The van der Waals surface area contributed by atoms with E-state index < -0.39 is 5.91 Å². The molecule has 32 heavy (non-hydrogen) atoms. The third-order valence-corrected chi connectivity index (χ3v) is 4.65. The standard InChI is InChI=1S/C23H15FN6O2/c24-17-8-6-15(7-9-17)20-21(30(29-28-20)22(31)16-10-12-25-14-16)19-11-13-26-23(27-19)32-18-4-2-1-3-5-18/h1-14,25H. The minimum absolute atomic E-state index is 0.0978. The van der Waals surface area contributed by atoms with Crippen LogP contribution in [-0.4, -0.2) is 35.9 Å². The SMILES string of the molecule is O=C(c1cc[nH]c1)n1nnc(-c2ccc(F)cc2)c1-c1ccnc(Oc2ccccc2)n1. The highest BCUT2D eigenvalue weighted by Crippen LogP contribution is 2.31. The van der Waals surface area contributed by atoms with E-state index in [-0.39, 0.29) is 11.8 Å². The van der Waals surface area contributed by atoms with Crippen LogP contribution in [0.2, 0.25) is 0 Å². The smallest absolute Gasteiger partial charge is 0.322 e.